The molecule has 0 aromatic heterocycles. The first kappa shape index (κ1) is 15.0. The second kappa shape index (κ2) is 4.90. The minimum Gasteiger partial charge on any atom is -0.366 e. The van der Waals surface area contributed by atoms with E-state index in [0.717, 1.165) is 12.0 Å². The first-order chi connectivity index (χ1) is 8.09. The second-order valence-corrected chi connectivity index (χ2v) is 7.28. The molecule has 6 heteroatoms. The number of carbonyl (C=O) groups excluding carboxylic acids is 1. The minimum absolute atomic E-state index is 0.0657. The normalized spacial score (nSPS) is 12.4. The molecule has 0 aliphatic rings. The monoisotopic (exact) mass is 289 g/mol. The van der Waals surface area contributed by atoms with Gasteiger partial charge in [0.05, 0.1) is 10.5 Å². The zero-order valence-corrected chi connectivity index (χ0v) is 12.1. The molecule has 0 aliphatic carbocycles. The molecule has 0 fully saturated rings. The Balaban J connectivity index is 3.52. The summed E-state index contributed by atoms with van der Waals surface area (Å²) >= 11 is 0. The number of primary amides is 1. The van der Waals surface area contributed by atoms with Crippen LogP contribution >= 0.6 is 10.7 Å². The number of amides is 1. The third-order valence-corrected chi connectivity index (χ3v) is 4.55. The summed E-state index contributed by atoms with van der Waals surface area (Å²) in [6.45, 7) is 6.01. The fourth-order valence-corrected chi connectivity index (χ4v) is 2.62. The molecule has 18 heavy (non-hydrogen) atoms. The first-order valence-electron chi connectivity index (χ1n) is 5.48. The highest BCUT2D eigenvalue weighted by molar-refractivity contribution is 8.13. The lowest BCUT2D eigenvalue weighted by Gasteiger charge is -2.24. The predicted molar refractivity (Wildman–Crippen MR) is 71.3 cm³/mol. The molecule has 0 bridgehead atoms. The van der Waals surface area contributed by atoms with E-state index in [1.807, 2.05) is 20.8 Å². The van der Waals surface area contributed by atoms with Crippen LogP contribution in [0.4, 0.5) is 0 Å². The maximum absolute atomic E-state index is 11.3. The van der Waals surface area contributed by atoms with E-state index >= 15 is 0 Å². The fraction of sp³-hybridized carbons (Fsp3) is 0.417. The molecule has 0 atom stereocenters. The number of hydrogen-bond acceptors (Lipinski definition) is 3. The van der Waals surface area contributed by atoms with Crippen LogP contribution in [0.1, 0.15) is 43.1 Å². The van der Waals surface area contributed by atoms with Crippen molar-refractivity contribution < 1.29 is 13.2 Å². The number of rotatable bonds is 4. The Labute approximate surface area is 112 Å². The molecule has 0 aliphatic heterocycles. The zero-order chi connectivity index (χ0) is 14.1. The van der Waals surface area contributed by atoms with Gasteiger partial charge >= 0.3 is 0 Å². The molecule has 0 radical (unpaired) electrons. The van der Waals surface area contributed by atoms with Crippen molar-refractivity contribution in [3.05, 3.63) is 29.3 Å². The van der Waals surface area contributed by atoms with Crippen molar-refractivity contribution in [3.63, 3.8) is 0 Å². The Kier molecular flexibility index (Phi) is 4.08. The molecule has 100 valence electrons. The molecule has 4 nitrogen and oxygen atoms in total. The standard InChI is InChI=1S/C12H16ClNO3S/c1-4-12(2,3)8-5-6-10(18(13,16)17)9(7-8)11(14)15/h5-7H,4H2,1-3H3,(H2,14,15). The van der Waals surface area contributed by atoms with Gasteiger partial charge in [0, 0.05) is 10.7 Å². The number of halogens is 1. The fourth-order valence-electron chi connectivity index (χ4n) is 1.56. The highest BCUT2D eigenvalue weighted by Crippen LogP contribution is 2.30. The number of carbonyl (C=O) groups is 1. The van der Waals surface area contributed by atoms with Crippen molar-refractivity contribution in [2.75, 3.05) is 0 Å². The second-order valence-electron chi connectivity index (χ2n) is 4.75. The topological polar surface area (TPSA) is 77.2 Å². The van der Waals surface area contributed by atoms with Crippen molar-refractivity contribution in [2.45, 2.75) is 37.5 Å². The summed E-state index contributed by atoms with van der Waals surface area (Å²) in [5.74, 6) is -0.803. The van der Waals surface area contributed by atoms with E-state index in [1.165, 1.54) is 12.1 Å². The molecule has 1 rings (SSSR count). The van der Waals surface area contributed by atoms with Gasteiger partial charge in [0.1, 0.15) is 0 Å². The lowest BCUT2D eigenvalue weighted by atomic mass is 9.81. The summed E-state index contributed by atoms with van der Waals surface area (Å²) in [6, 6.07) is 4.49. The third kappa shape index (κ3) is 3.03. The maximum atomic E-state index is 11.3. The molecule has 0 saturated carbocycles. The summed E-state index contributed by atoms with van der Waals surface area (Å²) in [7, 11) is 1.30. The maximum Gasteiger partial charge on any atom is 0.262 e. The largest absolute Gasteiger partial charge is 0.366 e. The molecular weight excluding hydrogens is 274 g/mol. The third-order valence-electron chi connectivity index (χ3n) is 3.17. The van der Waals surface area contributed by atoms with Crippen LogP contribution in [0, 0.1) is 0 Å². The quantitative estimate of drug-likeness (QED) is 0.865. The summed E-state index contributed by atoms with van der Waals surface area (Å²) in [5, 5.41) is 0. The molecule has 1 amide bonds. The minimum atomic E-state index is -3.98. The highest BCUT2D eigenvalue weighted by atomic mass is 35.7. The molecule has 0 saturated heterocycles. The van der Waals surface area contributed by atoms with E-state index in [2.05, 4.69) is 0 Å². The number of benzene rings is 1. The van der Waals surface area contributed by atoms with Gasteiger partial charge in [-0.25, -0.2) is 8.42 Å². The van der Waals surface area contributed by atoms with Crippen LogP contribution in [0.3, 0.4) is 0 Å². The van der Waals surface area contributed by atoms with E-state index in [9.17, 15) is 13.2 Å². The Morgan fingerprint density at radius 3 is 2.33 bits per heavy atom. The van der Waals surface area contributed by atoms with Crippen LogP contribution in [-0.2, 0) is 14.5 Å². The van der Waals surface area contributed by atoms with Crippen molar-refractivity contribution >= 4 is 25.6 Å². The van der Waals surface area contributed by atoms with Crippen molar-refractivity contribution in [1.82, 2.24) is 0 Å². The van der Waals surface area contributed by atoms with Crippen molar-refractivity contribution in [1.29, 1.82) is 0 Å². The van der Waals surface area contributed by atoms with Crippen molar-refractivity contribution in [3.8, 4) is 0 Å². The van der Waals surface area contributed by atoms with Crippen LogP contribution in [0.5, 0.6) is 0 Å². The first-order valence-corrected chi connectivity index (χ1v) is 7.79. The lowest BCUT2D eigenvalue weighted by Crippen LogP contribution is -2.20. The van der Waals surface area contributed by atoms with Crippen LogP contribution in [-0.4, -0.2) is 14.3 Å². The van der Waals surface area contributed by atoms with Crippen molar-refractivity contribution in [2.24, 2.45) is 5.73 Å². The molecule has 0 unspecified atom stereocenters. The number of nitrogens with two attached hydrogens (primary N) is 1. The summed E-state index contributed by atoms with van der Waals surface area (Å²) in [5.41, 5.74) is 5.82. The van der Waals surface area contributed by atoms with Crippen LogP contribution < -0.4 is 5.73 Å². The van der Waals surface area contributed by atoms with Gasteiger partial charge in [-0.05, 0) is 29.5 Å². The van der Waals surface area contributed by atoms with Crippen LogP contribution in [0.2, 0.25) is 0 Å². The molecule has 0 heterocycles. The Hall–Kier alpha value is -1.07. The van der Waals surface area contributed by atoms with Crippen LogP contribution in [0.25, 0.3) is 0 Å². The molecule has 0 spiro atoms. The number of hydrogen-bond donors (Lipinski definition) is 1. The van der Waals surface area contributed by atoms with Gasteiger partial charge in [-0.1, -0.05) is 26.8 Å². The molecule has 1 aromatic rings. The van der Waals surface area contributed by atoms with E-state index < -0.39 is 15.0 Å². The van der Waals surface area contributed by atoms with E-state index in [0.29, 0.717) is 0 Å². The van der Waals surface area contributed by atoms with Gasteiger partial charge in [0.25, 0.3) is 9.05 Å². The SMILES string of the molecule is CCC(C)(C)c1ccc(S(=O)(=O)Cl)c(C(N)=O)c1. The van der Waals surface area contributed by atoms with Gasteiger partial charge in [0.2, 0.25) is 5.91 Å². The van der Waals surface area contributed by atoms with Gasteiger partial charge in [0.15, 0.2) is 0 Å². The van der Waals surface area contributed by atoms with E-state index in [1.54, 1.807) is 6.07 Å². The predicted octanol–water partition coefficient (Wildman–Crippen LogP) is 2.40. The summed E-state index contributed by atoms with van der Waals surface area (Å²) in [4.78, 5) is 11.1. The summed E-state index contributed by atoms with van der Waals surface area (Å²) in [6.07, 6.45) is 0.845. The highest BCUT2D eigenvalue weighted by Gasteiger charge is 2.24. The average Bonchev–Trinajstić information content (AvgIpc) is 2.27. The van der Waals surface area contributed by atoms with Gasteiger partial charge in [-0.2, -0.15) is 0 Å². The Morgan fingerprint density at radius 1 is 1.39 bits per heavy atom. The Morgan fingerprint density at radius 2 is 1.94 bits per heavy atom. The molecule has 2 N–H and O–H groups in total. The average molecular weight is 290 g/mol. The van der Waals surface area contributed by atoms with E-state index in [4.69, 9.17) is 16.4 Å². The zero-order valence-electron chi connectivity index (χ0n) is 10.5. The molecule has 1 aromatic carbocycles. The molecular formula is C12H16ClNO3S. The van der Waals surface area contributed by atoms with Gasteiger partial charge < -0.3 is 5.73 Å². The van der Waals surface area contributed by atoms with Gasteiger partial charge in [-0.15, -0.1) is 0 Å². The van der Waals surface area contributed by atoms with E-state index in [-0.39, 0.29) is 15.9 Å². The smallest absolute Gasteiger partial charge is 0.262 e. The summed E-state index contributed by atoms with van der Waals surface area (Å²) < 4.78 is 22.7. The van der Waals surface area contributed by atoms with Crippen LogP contribution in [0.15, 0.2) is 23.1 Å². The Bertz CT molecular complexity index is 579. The lowest BCUT2D eigenvalue weighted by molar-refractivity contribution is 0.0997. The van der Waals surface area contributed by atoms with Gasteiger partial charge in [-0.3, -0.25) is 4.79 Å².